The highest BCUT2D eigenvalue weighted by atomic mass is 16.3. The first-order valence-corrected chi connectivity index (χ1v) is 20.8. The van der Waals surface area contributed by atoms with Crippen LogP contribution >= 0.6 is 0 Å². The number of hydrogen-bond donors (Lipinski definition) is 0. The smallest absolute Gasteiger partial charge is 0.135 e. The van der Waals surface area contributed by atoms with Gasteiger partial charge in [0.25, 0.3) is 0 Å². The molecule has 12 rings (SSSR count). The monoisotopic (exact) mass is 778 g/mol. The lowest BCUT2D eigenvalue weighted by Crippen LogP contribution is -2.11. The van der Waals surface area contributed by atoms with Crippen molar-refractivity contribution in [3.05, 3.63) is 231 Å². The summed E-state index contributed by atoms with van der Waals surface area (Å²) in [5.41, 5.74) is 15.5. The molecule has 0 bridgehead atoms. The number of rotatable bonds is 7. The predicted octanol–water partition coefficient (Wildman–Crippen LogP) is 16.3. The summed E-state index contributed by atoms with van der Waals surface area (Å²) in [4.78, 5) is 2.40. The highest BCUT2D eigenvalue weighted by Gasteiger charge is 2.20. The van der Waals surface area contributed by atoms with Gasteiger partial charge in [0, 0.05) is 44.2 Å². The van der Waals surface area contributed by atoms with E-state index in [4.69, 9.17) is 4.42 Å². The zero-order valence-corrected chi connectivity index (χ0v) is 33.2. The van der Waals surface area contributed by atoms with Crippen LogP contribution in [0.2, 0.25) is 0 Å². The van der Waals surface area contributed by atoms with Crippen LogP contribution in [0.4, 0.5) is 17.1 Å². The van der Waals surface area contributed by atoms with Gasteiger partial charge < -0.3 is 13.9 Å². The molecule has 0 fully saturated rings. The third-order valence-corrected chi connectivity index (χ3v) is 12.2. The summed E-state index contributed by atoms with van der Waals surface area (Å²) >= 11 is 0. The van der Waals surface area contributed by atoms with Gasteiger partial charge in [-0.15, -0.1) is 0 Å². The maximum absolute atomic E-state index is 6.24. The van der Waals surface area contributed by atoms with Crippen molar-refractivity contribution in [3.63, 3.8) is 0 Å². The first-order valence-electron chi connectivity index (χ1n) is 20.8. The van der Waals surface area contributed by atoms with Crippen molar-refractivity contribution in [3.8, 4) is 39.1 Å². The molecule has 10 aromatic carbocycles. The van der Waals surface area contributed by atoms with E-state index in [1.807, 2.05) is 12.1 Å². The second-order valence-corrected chi connectivity index (χ2v) is 15.7. The Kier molecular flexibility index (Phi) is 8.17. The normalized spacial score (nSPS) is 11.6. The van der Waals surface area contributed by atoms with Gasteiger partial charge in [-0.05, 0) is 117 Å². The van der Waals surface area contributed by atoms with E-state index in [-0.39, 0.29) is 0 Å². The van der Waals surface area contributed by atoms with Crippen LogP contribution in [0.15, 0.2) is 235 Å². The zero-order valence-electron chi connectivity index (χ0n) is 33.2. The Morgan fingerprint density at radius 1 is 0.328 bits per heavy atom. The van der Waals surface area contributed by atoms with Crippen molar-refractivity contribution in [2.75, 3.05) is 4.90 Å². The van der Waals surface area contributed by atoms with E-state index in [0.717, 1.165) is 72.5 Å². The van der Waals surface area contributed by atoms with E-state index >= 15 is 0 Å². The van der Waals surface area contributed by atoms with Gasteiger partial charge in [-0.3, -0.25) is 0 Å². The van der Waals surface area contributed by atoms with Crippen LogP contribution in [0.25, 0.3) is 93.6 Å². The standard InChI is InChI=1S/C58H38N2O/c1-2-14-41-35-44(28-27-39(41)13-1)43-16-12-17-47(37-43)59(54-23-7-3-19-49(54)45-31-34-58-53(38-45)52-22-6-10-26-57(52)61-58)46-32-29-40(30-33-46)42-15-11-18-48(36-42)60-55-24-8-4-20-50(55)51-21-5-9-25-56(51)60/h1-38H. The van der Waals surface area contributed by atoms with Crippen molar-refractivity contribution in [1.82, 2.24) is 4.57 Å². The molecule has 0 N–H and O–H groups in total. The van der Waals surface area contributed by atoms with Gasteiger partial charge in [-0.25, -0.2) is 0 Å². The minimum atomic E-state index is 0.889. The lowest BCUT2D eigenvalue weighted by molar-refractivity contribution is 0.669. The molecule has 0 aliphatic carbocycles. The van der Waals surface area contributed by atoms with E-state index in [1.165, 1.54) is 38.1 Å². The molecule has 61 heavy (non-hydrogen) atoms. The van der Waals surface area contributed by atoms with Crippen molar-refractivity contribution in [1.29, 1.82) is 0 Å². The second kappa shape index (κ2) is 14.3. The van der Waals surface area contributed by atoms with Crippen LogP contribution in [0.5, 0.6) is 0 Å². The van der Waals surface area contributed by atoms with Gasteiger partial charge in [0.05, 0.1) is 16.7 Å². The fourth-order valence-electron chi connectivity index (χ4n) is 9.26. The maximum Gasteiger partial charge on any atom is 0.135 e. The molecule has 0 radical (unpaired) electrons. The minimum absolute atomic E-state index is 0.889. The number of benzene rings is 10. The highest BCUT2D eigenvalue weighted by molar-refractivity contribution is 6.09. The number of furan rings is 1. The van der Waals surface area contributed by atoms with E-state index < -0.39 is 0 Å². The highest BCUT2D eigenvalue weighted by Crippen LogP contribution is 2.44. The van der Waals surface area contributed by atoms with E-state index in [9.17, 15) is 0 Å². The molecule has 0 spiro atoms. The number of nitrogens with zero attached hydrogens (tertiary/aromatic N) is 2. The van der Waals surface area contributed by atoms with Crippen LogP contribution in [0.3, 0.4) is 0 Å². The molecule has 0 aliphatic rings. The third kappa shape index (κ3) is 5.98. The first kappa shape index (κ1) is 34.9. The summed E-state index contributed by atoms with van der Waals surface area (Å²) in [6.07, 6.45) is 0. The predicted molar refractivity (Wildman–Crippen MR) is 257 cm³/mol. The van der Waals surface area contributed by atoms with Gasteiger partial charge in [0.1, 0.15) is 11.2 Å². The van der Waals surface area contributed by atoms with Crippen molar-refractivity contribution < 1.29 is 4.42 Å². The largest absolute Gasteiger partial charge is 0.456 e. The fourth-order valence-corrected chi connectivity index (χ4v) is 9.26. The third-order valence-electron chi connectivity index (χ3n) is 12.2. The fraction of sp³-hybridized carbons (Fsp3) is 0. The van der Waals surface area contributed by atoms with E-state index in [1.54, 1.807) is 0 Å². The molecule has 0 unspecified atom stereocenters. The summed E-state index contributed by atoms with van der Waals surface area (Å²) in [6, 6.07) is 83.1. The quantitative estimate of drug-likeness (QED) is 0.161. The van der Waals surface area contributed by atoms with Crippen molar-refractivity contribution >= 4 is 71.6 Å². The molecule has 3 nitrogen and oxygen atoms in total. The molecule has 0 saturated carbocycles. The summed E-state index contributed by atoms with van der Waals surface area (Å²) < 4.78 is 8.63. The Morgan fingerprint density at radius 3 is 1.75 bits per heavy atom. The maximum atomic E-state index is 6.24. The summed E-state index contributed by atoms with van der Waals surface area (Å²) in [5.74, 6) is 0. The number of hydrogen-bond acceptors (Lipinski definition) is 2. The Bertz CT molecular complexity index is 3560. The Labute approximate surface area is 353 Å². The lowest BCUT2D eigenvalue weighted by atomic mass is 9.98. The Balaban J connectivity index is 0.989. The number of aromatic nitrogens is 1. The molecular weight excluding hydrogens is 741 g/mol. The lowest BCUT2D eigenvalue weighted by Gasteiger charge is -2.28. The van der Waals surface area contributed by atoms with Crippen LogP contribution in [-0.4, -0.2) is 4.57 Å². The van der Waals surface area contributed by atoms with Crippen molar-refractivity contribution in [2.24, 2.45) is 0 Å². The molecule has 286 valence electrons. The first-order chi connectivity index (χ1) is 30.2. The molecule has 2 aromatic heterocycles. The summed E-state index contributed by atoms with van der Waals surface area (Å²) in [6.45, 7) is 0. The van der Waals surface area contributed by atoms with E-state index in [0.29, 0.717) is 0 Å². The number of fused-ring (bicyclic) bond motifs is 7. The van der Waals surface area contributed by atoms with Gasteiger partial charge in [-0.2, -0.15) is 0 Å². The molecule has 0 amide bonds. The molecule has 12 aromatic rings. The van der Waals surface area contributed by atoms with Crippen LogP contribution in [0.1, 0.15) is 0 Å². The summed E-state index contributed by atoms with van der Waals surface area (Å²) in [5, 5.41) is 7.22. The van der Waals surface area contributed by atoms with Crippen LogP contribution < -0.4 is 4.90 Å². The van der Waals surface area contributed by atoms with Gasteiger partial charge in [0.2, 0.25) is 0 Å². The summed E-state index contributed by atoms with van der Waals surface area (Å²) in [7, 11) is 0. The molecule has 0 atom stereocenters. The average molecular weight is 779 g/mol. The van der Waals surface area contributed by atoms with Crippen LogP contribution in [-0.2, 0) is 0 Å². The average Bonchev–Trinajstić information content (AvgIpc) is 3.88. The Hall–Kier alpha value is -8.14. The molecular formula is C58H38N2O. The second-order valence-electron chi connectivity index (χ2n) is 15.7. The van der Waals surface area contributed by atoms with E-state index in [2.05, 4.69) is 228 Å². The van der Waals surface area contributed by atoms with Gasteiger partial charge in [0.15, 0.2) is 0 Å². The Morgan fingerprint density at radius 2 is 0.934 bits per heavy atom. The molecule has 0 saturated heterocycles. The molecule has 2 heterocycles. The van der Waals surface area contributed by atoms with Crippen LogP contribution in [0, 0.1) is 0 Å². The molecule has 0 aliphatic heterocycles. The number of anilines is 3. The minimum Gasteiger partial charge on any atom is -0.456 e. The van der Waals surface area contributed by atoms with Crippen molar-refractivity contribution in [2.45, 2.75) is 0 Å². The van der Waals surface area contributed by atoms with Gasteiger partial charge >= 0.3 is 0 Å². The SMILES string of the molecule is c1cc(-c2ccc3ccccc3c2)cc(N(c2ccc(-c3cccc(-n4c5ccccc5c5ccccc54)c3)cc2)c2ccccc2-c2ccc3oc4ccccc4c3c2)c1. The zero-order chi connectivity index (χ0) is 40.3. The topological polar surface area (TPSA) is 21.3 Å². The number of para-hydroxylation sites is 4. The molecule has 3 heteroatoms. The van der Waals surface area contributed by atoms with Gasteiger partial charge in [-0.1, -0.05) is 152 Å².